The number of hydrogen-bond donors (Lipinski definition) is 1. The molecule has 1 N–H and O–H groups in total. The number of ketones is 1. The summed E-state index contributed by atoms with van der Waals surface area (Å²) >= 11 is 0. The molecule has 8 heteroatoms. The van der Waals surface area contributed by atoms with Crippen LogP contribution in [0.4, 0.5) is 8.78 Å². The van der Waals surface area contributed by atoms with E-state index in [1.165, 1.54) is 4.80 Å². The minimum absolute atomic E-state index is 0.00289. The average Bonchev–Trinajstić information content (AvgIpc) is 3.39. The number of carbonyl (C=O) groups excluding carboxylic acids is 1. The molecule has 0 radical (unpaired) electrons. The van der Waals surface area contributed by atoms with E-state index in [9.17, 15) is 18.7 Å². The Morgan fingerprint density at radius 3 is 2.68 bits per heavy atom. The third kappa shape index (κ3) is 3.96. The average molecular weight is 516 g/mol. The highest BCUT2D eigenvalue weighted by atomic mass is 19.1. The van der Waals surface area contributed by atoms with E-state index in [0.29, 0.717) is 23.7 Å². The number of aromatic nitrogens is 3. The van der Waals surface area contributed by atoms with Gasteiger partial charge in [0.2, 0.25) is 0 Å². The SMILES string of the molecule is COC[C@]12CC[C@@](C)(O)C[C@@H]1CC[C@H]1[C@@H]3CC[C@H](C(=O)Cn4nc5cc(F)cc(F)c5n4)[C@@]3(C)CC[C@@H]12. The molecule has 1 heterocycles. The zero-order chi connectivity index (χ0) is 26.2. The fourth-order valence-electron chi connectivity index (χ4n) is 9.62. The summed E-state index contributed by atoms with van der Waals surface area (Å²) in [5, 5.41) is 19.2. The van der Waals surface area contributed by atoms with Crippen LogP contribution in [0.3, 0.4) is 0 Å². The van der Waals surface area contributed by atoms with Gasteiger partial charge in [0.05, 0.1) is 12.2 Å². The lowest BCUT2D eigenvalue weighted by Crippen LogP contribution is -2.58. The van der Waals surface area contributed by atoms with Crippen molar-refractivity contribution in [3.63, 3.8) is 0 Å². The summed E-state index contributed by atoms with van der Waals surface area (Å²) in [7, 11) is 1.81. The molecule has 37 heavy (non-hydrogen) atoms. The fraction of sp³-hybridized carbons (Fsp3) is 0.759. The maximum atomic E-state index is 14.1. The van der Waals surface area contributed by atoms with Gasteiger partial charge in [0.25, 0.3) is 0 Å². The van der Waals surface area contributed by atoms with Crippen LogP contribution < -0.4 is 0 Å². The zero-order valence-corrected chi connectivity index (χ0v) is 22.2. The lowest BCUT2D eigenvalue weighted by atomic mass is 9.43. The van der Waals surface area contributed by atoms with Crippen molar-refractivity contribution in [2.24, 2.45) is 40.4 Å². The second kappa shape index (κ2) is 8.80. The van der Waals surface area contributed by atoms with Gasteiger partial charge in [-0.25, -0.2) is 8.78 Å². The molecule has 0 saturated heterocycles. The van der Waals surface area contributed by atoms with Crippen molar-refractivity contribution in [2.75, 3.05) is 13.7 Å². The third-order valence-electron chi connectivity index (χ3n) is 11.2. The smallest absolute Gasteiger partial charge is 0.159 e. The van der Waals surface area contributed by atoms with E-state index in [-0.39, 0.29) is 40.1 Å². The van der Waals surface area contributed by atoms with Gasteiger partial charge in [0.15, 0.2) is 11.6 Å². The Bertz CT molecular complexity index is 1210. The molecule has 4 saturated carbocycles. The van der Waals surface area contributed by atoms with Crippen LogP contribution in [0.2, 0.25) is 0 Å². The van der Waals surface area contributed by atoms with Crippen LogP contribution in [0.1, 0.15) is 71.6 Å². The first-order chi connectivity index (χ1) is 17.6. The number of Topliss-reactive ketones (excluding diaryl/α,β-unsaturated/α-hetero) is 1. The molecule has 4 fully saturated rings. The highest BCUT2D eigenvalue weighted by Gasteiger charge is 2.63. The van der Waals surface area contributed by atoms with Crippen molar-refractivity contribution in [3.8, 4) is 0 Å². The summed E-state index contributed by atoms with van der Waals surface area (Å²) in [4.78, 5) is 14.9. The minimum Gasteiger partial charge on any atom is -0.390 e. The van der Waals surface area contributed by atoms with Gasteiger partial charge < -0.3 is 9.84 Å². The Hall–Kier alpha value is -1.93. The number of methoxy groups -OCH3 is 1. The second-order valence-corrected chi connectivity index (χ2v) is 13.1. The molecule has 6 nitrogen and oxygen atoms in total. The first-order valence-electron chi connectivity index (χ1n) is 14.0. The van der Waals surface area contributed by atoms with Gasteiger partial charge in [-0.3, -0.25) is 4.79 Å². The molecular formula is C29H39F2N3O3. The van der Waals surface area contributed by atoms with E-state index in [1.54, 1.807) is 0 Å². The van der Waals surface area contributed by atoms with Crippen molar-refractivity contribution < 1.29 is 23.4 Å². The van der Waals surface area contributed by atoms with E-state index < -0.39 is 17.2 Å². The van der Waals surface area contributed by atoms with Gasteiger partial charge in [-0.05, 0) is 99.2 Å². The predicted octanol–water partition coefficient (Wildman–Crippen LogP) is 5.32. The van der Waals surface area contributed by atoms with E-state index in [1.807, 2.05) is 14.0 Å². The molecule has 2 aromatic rings. The molecule has 4 aliphatic carbocycles. The van der Waals surface area contributed by atoms with E-state index in [2.05, 4.69) is 17.1 Å². The number of carbonyl (C=O) groups is 1. The Morgan fingerprint density at radius 2 is 1.89 bits per heavy atom. The largest absolute Gasteiger partial charge is 0.390 e. The monoisotopic (exact) mass is 515 g/mol. The first kappa shape index (κ1) is 25.4. The van der Waals surface area contributed by atoms with Gasteiger partial charge in [-0.1, -0.05) is 6.92 Å². The summed E-state index contributed by atoms with van der Waals surface area (Å²) in [6, 6.07) is 1.94. The van der Waals surface area contributed by atoms with Crippen LogP contribution in [0.5, 0.6) is 0 Å². The molecule has 0 bridgehead atoms. The normalized spacial score (nSPS) is 41.3. The molecule has 0 amide bonds. The molecule has 6 rings (SSSR count). The van der Waals surface area contributed by atoms with Gasteiger partial charge in [0.1, 0.15) is 23.4 Å². The van der Waals surface area contributed by atoms with E-state index >= 15 is 0 Å². The highest BCUT2D eigenvalue weighted by molar-refractivity contribution is 5.82. The molecule has 0 aliphatic heterocycles. The van der Waals surface area contributed by atoms with Gasteiger partial charge in [-0.15, -0.1) is 5.10 Å². The summed E-state index contributed by atoms with van der Waals surface area (Å²) in [6.45, 7) is 5.05. The molecule has 1 aromatic carbocycles. The van der Waals surface area contributed by atoms with Crippen LogP contribution in [-0.4, -0.2) is 45.2 Å². The number of nitrogens with zero attached hydrogens (tertiary/aromatic N) is 3. The fourth-order valence-corrected chi connectivity index (χ4v) is 9.62. The molecule has 0 unspecified atom stereocenters. The molecule has 8 atom stereocenters. The Balaban J connectivity index is 1.22. The first-order valence-corrected chi connectivity index (χ1v) is 14.0. The highest BCUT2D eigenvalue weighted by Crippen LogP contribution is 2.68. The van der Waals surface area contributed by atoms with Crippen LogP contribution >= 0.6 is 0 Å². The number of halogens is 2. The summed E-state index contributed by atoms with van der Waals surface area (Å²) in [5.41, 5.74) is -0.390. The Labute approximate surface area is 217 Å². The Morgan fingerprint density at radius 1 is 1.08 bits per heavy atom. The number of benzene rings is 1. The summed E-state index contributed by atoms with van der Waals surface area (Å²) in [5.74, 6) is 0.701. The maximum Gasteiger partial charge on any atom is 0.159 e. The Kier molecular flexibility index (Phi) is 6.03. The lowest BCUT2D eigenvalue weighted by molar-refractivity contribution is -0.175. The van der Waals surface area contributed by atoms with Gasteiger partial charge >= 0.3 is 0 Å². The van der Waals surface area contributed by atoms with E-state index in [0.717, 1.165) is 76.5 Å². The standard InChI is InChI=1S/C29H39F2N3O3/c1-27(36)10-11-29(16-37-3)17(14-27)4-5-19-20-6-7-22(28(20,2)9-8-21(19)29)25(35)15-34-32-24-13-18(30)12-23(31)26(24)33-34/h12-13,17,19-22,36H,4-11,14-16H2,1-3H3/t17-,19-,20-,21-,22+,27+,28-,29+/m0/s1. The van der Waals surface area contributed by atoms with Crippen molar-refractivity contribution in [3.05, 3.63) is 23.8 Å². The molecule has 1 aromatic heterocycles. The maximum absolute atomic E-state index is 14.1. The lowest BCUT2D eigenvalue weighted by Gasteiger charge is -2.62. The number of fused-ring (bicyclic) bond motifs is 6. The minimum atomic E-state index is -0.760. The van der Waals surface area contributed by atoms with Crippen molar-refractivity contribution in [1.82, 2.24) is 15.0 Å². The topological polar surface area (TPSA) is 77.2 Å². The van der Waals surface area contributed by atoms with Crippen molar-refractivity contribution in [2.45, 2.75) is 83.8 Å². The number of hydrogen-bond acceptors (Lipinski definition) is 5. The predicted molar refractivity (Wildman–Crippen MR) is 134 cm³/mol. The molecule has 4 aliphatic rings. The van der Waals surface area contributed by atoms with Crippen molar-refractivity contribution in [1.29, 1.82) is 0 Å². The van der Waals surface area contributed by atoms with Crippen LogP contribution in [-0.2, 0) is 16.1 Å². The number of rotatable bonds is 5. The second-order valence-electron chi connectivity index (χ2n) is 13.1. The molecular weight excluding hydrogens is 476 g/mol. The van der Waals surface area contributed by atoms with Crippen molar-refractivity contribution >= 4 is 16.8 Å². The van der Waals surface area contributed by atoms with Crippen LogP contribution in [0.25, 0.3) is 11.0 Å². The van der Waals surface area contributed by atoms with Gasteiger partial charge in [0, 0.05) is 25.2 Å². The summed E-state index contributed by atoms with van der Waals surface area (Å²) in [6.07, 6.45) is 9.01. The van der Waals surface area contributed by atoms with Gasteiger partial charge in [-0.2, -0.15) is 9.90 Å². The van der Waals surface area contributed by atoms with Crippen LogP contribution in [0, 0.1) is 52.1 Å². The summed E-state index contributed by atoms with van der Waals surface area (Å²) < 4.78 is 33.6. The molecule has 0 spiro atoms. The molecule has 202 valence electrons. The number of ether oxygens (including phenoxy) is 1. The quantitative estimate of drug-likeness (QED) is 0.584. The number of aliphatic hydroxyl groups is 1. The third-order valence-corrected chi connectivity index (χ3v) is 11.2. The zero-order valence-electron chi connectivity index (χ0n) is 22.2. The van der Waals surface area contributed by atoms with Crippen LogP contribution in [0.15, 0.2) is 12.1 Å². The van der Waals surface area contributed by atoms with E-state index in [4.69, 9.17) is 4.74 Å².